The predicted octanol–water partition coefficient (Wildman–Crippen LogP) is 4.23. The van der Waals surface area contributed by atoms with E-state index in [4.69, 9.17) is 4.52 Å². The molecule has 1 aromatic rings. The second-order valence-corrected chi connectivity index (χ2v) is 9.38. The highest BCUT2D eigenvalue weighted by molar-refractivity contribution is 7.87. The van der Waals surface area contributed by atoms with Crippen LogP contribution in [0.5, 0.6) is 0 Å². The number of halogens is 4. The summed E-state index contributed by atoms with van der Waals surface area (Å²) in [6, 6.07) is 1.72. The number of rotatable bonds is 7. The van der Waals surface area contributed by atoms with Crippen molar-refractivity contribution in [1.29, 1.82) is 0 Å². The third kappa shape index (κ3) is 5.27. The van der Waals surface area contributed by atoms with Crippen LogP contribution >= 0.6 is 7.37 Å². The average molecular weight is 392 g/mol. The fourth-order valence-electron chi connectivity index (χ4n) is 1.78. The molecular weight excluding hydrogens is 375 g/mol. The maximum Gasteiger partial charge on any atom is 0.417 e. The van der Waals surface area contributed by atoms with Gasteiger partial charge in [-0.2, -0.15) is 21.6 Å². The molecule has 0 aromatic heterocycles. The molecule has 0 aliphatic heterocycles. The van der Waals surface area contributed by atoms with Crippen LogP contribution in [0.1, 0.15) is 26.3 Å². The maximum atomic E-state index is 13.7. The van der Waals surface area contributed by atoms with Gasteiger partial charge in [-0.05, 0) is 26.0 Å². The van der Waals surface area contributed by atoms with Gasteiger partial charge in [0.15, 0.2) is 0 Å². The van der Waals surface area contributed by atoms with Crippen molar-refractivity contribution >= 4 is 17.5 Å². The summed E-state index contributed by atoms with van der Waals surface area (Å²) in [7, 11) is -8.68. The molecule has 1 aromatic carbocycles. The van der Waals surface area contributed by atoms with Crippen molar-refractivity contribution in [2.75, 3.05) is 12.5 Å². The molecule has 1 rings (SSSR count). The minimum atomic E-state index is -5.13. The fourth-order valence-corrected chi connectivity index (χ4v) is 5.01. The summed E-state index contributed by atoms with van der Waals surface area (Å²) in [6.07, 6.45) is -6.68. The molecule has 0 aliphatic rings. The lowest BCUT2D eigenvalue weighted by atomic mass is 10.2. The van der Waals surface area contributed by atoms with Crippen LogP contribution in [0.3, 0.4) is 0 Å². The standard InChI is InChI=1S/C13H17F4O5PS/c1-4-23(18,22-9(2)3)8-21-24(19,20)12-10(13(15,16)17)6-5-7-11(12)14/h5-7,9H,4,8H2,1-3H3. The van der Waals surface area contributed by atoms with Crippen LogP contribution in [0, 0.1) is 5.82 Å². The zero-order chi connectivity index (χ0) is 18.8. The minimum Gasteiger partial charge on any atom is -0.324 e. The van der Waals surface area contributed by atoms with Gasteiger partial charge in [0.05, 0.1) is 11.7 Å². The Kier molecular flexibility index (Phi) is 6.60. The van der Waals surface area contributed by atoms with Crippen molar-refractivity contribution in [3.05, 3.63) is 29.6 Å². The van der Waals surface area contributed by atoms with Crippen LogP contribution in [0.2, 0.25) is 0 Å². The van der Waals surface area contributed by atoms with E-state index in [1.807, 2.05) is 0 Å². The van der Waals surface area contributed by atoms with Gasteiger partial charge in [-0.15, -0.1) is 0 Å². The normalized spacial score (nSPS) is 15.5. The van der Waals surface area contributed by atoms with Crippen LogP contribution in [0.25, 0.3) is 0 Å². The largest absolute Gasteiger partial charge is 0.417 e. The number of hydrogen-bond donors (Lipinski definition) is 0. The van der Waals surface area contributed by atoms with Gasteiger partial charge in [0, 0.05) is 6.16 Å². The summed E-state index contributed by atoms with van der Waals surface area (Å²) in [5, 5.41) is 0. The molecule has 24 heavy (non-hydrogen) atoms. The lowest BCUT2D eigenvalue weighted by molar-refractivity contribution is -0.140. The second kappa shape index (κ2) is 7.51. The Labute approximate surface area is 137 Å². The summed E-state index contributed by atoms with van der Waals surface area (Å²) >= 11 is 0. The molecule has 11 heteroatoms. The first-order valence-electron chi connectivity index (χ1n) is 6.84. The van der Waals surface area contributed by atoms with E-state index in [0.717, 1.165) is 6.07 Å². The molecule has 1 atom stereocenters. The molecule has 0 bridgehead atoms. The number of hydrogen-bond acceptors (Lipinski definition) is 5. The van der Waals surface area contributed by atoms with Crippen LogP contribution in [-0.2, 0) is 29.6 Å². The van der Waals surface area contributed by atoms with E-state index in [1.165, 1.54) is 6.92 Å². The van der Waals surface area contributed by atoms with Crippen LogP contribution in [0.15, 0.2) is 23.1 Å². The third-order valence-corrected chi connectivity index (χ3v) is 6.62. The topological polar surface area (TPSA) is 69.7 Å². The van der Waals surface area contributed by atoms with Crippen LogP contribution in [0.4, 0.5) is 17.6 Å². The fraction of sp³-hybridized carbons (Fsp3) is 0.538. The highest BCUT2D eigenvalue weighted by Crippen LogP contribution is 2.48. The van der Waals surface area contributed by atoms with E-state index in [1.54, 1.807) is 13.8 Å². The molecule has 0 aliphatic carbocycles. The van der Waals surface area contributed by atoms with Crippen molar-refractivity contribution in [1.82, 2.24) is 0 Å². The molecule has 0 heterocycles. The Hall–Kier alpha value is -0.960. The monoisotopic (exact) mass is 392 g/mol. The predicted molar refractivity (Wildman–Crippen MR) is 78.9 cm³/mol. The van der Waals surface area contributed by atoms with Crippen molar-refractivity contribution in [2.24, 2.45) is 0 Å². The van der Waals surface area contributed by atoms with Crippen molar-refractivity contribution in [3.8, 4) is 0 Å². The van der Waals surface area contributed by atoms with Crippen LogP contribution in [-0.4, -0.2) is 27.0 Å². The van der Waals surface area contributed by atoms with Gasteiger partial charge in [-0.25, -0.2) is 4.39 Å². The zero-order valence-corrected chi connectivity index (χ0v) is 14.8. The van der Waals surface area contributed by atoms with Gasteiger partial charge >= 0.3 is 16.3 Å². The third-order valence-electron chi connectivity index (χ3n) is 2.81. The van der Waals surface area contributed by atoms with Gasteiger partial charge in [-0.1, -0.05) is 13.0 Å². The van der Waals surface area contributed by atoms with Gasteiger partial charge in [-0.3, -0.25) is 8.75 Å². The maximum absolute atomic E-state index is 13.7. The van der Waals surface area contributed by atoms with Crippen LogP contribution < -0.4 is 0 Å². The molecule has 5 nitrogen and oxygen atoms in total. The Balaban J connectivity index is 3.21. The second-order valence-electron chi connectivity index (χ2n) is 5.10. The molecule has 0 radical (unpaired) electrons. The number of benzene rings is 1. The first kappa shape index (κ1) is 21.1. The van der Waals surface area contributed by atoms with Gasteiger partial charge < -0.3 is 4.52 Å². The Bertz CT molecular complexity index is 730. The first-order valence-corrected chi connectivity index (χ1v) is 10.2. The molecule has 0 fully saturated rings. The summed E-state index contributed by atoms with van der Waals surface area (Å²) in [6.45, 7) is 4.55. The molecule has 0 spiro atoms. The highest BCUT2D eigenvalue weighted by Gasteiger charge is 2.40. The van der Waals surface area contributed by atoms with E-state index >= 15 is 0 Å². The van der Waals surface area contributed by atoms with E-state index in [2.05, 4.69) is 4.18 Å². The summed E-state index contributed by atoms with van der Waals surface area (Å²) in [4.78, 5) is -1.63. The van der Waals surface area contributed by atoms with E-state index in [9.17, 15) is 30.5 Å². The van der Waals surface area contributed by atoms with E-state index in [0.29, 0.717) is 12.1 Å². The average Bonchev–Trinajstić information content (AvgIpc) is 2.43. The lowest BCUT2D eigenvalue weighted by Gasteiger charge is -2.20. The summed E-state index contributed by atoms with van der Waals surface area (Å²) < 4.78 is 98.3. The molecule has 138 valence electrons. The zero-order valence-electron chi connectivity index (χ0n) is 13.1. The molecule has 0 amide bonds. The molecule has 1 unspecified atom stereocenters. The lowest BCUT2D eigenvalue weighted by Crippen LogP contribution is -2.18. The van der Waals surface area contributed by atoms with E-state index < -0.39 is 52.4 Å². The van der Waals surface area contributed by atoms with Gasteiger partial charge in [0.1, 0.15) is 17.1 Å². The van der Waals surface area contributed by atoms with Crippen molar-refractivity contribution in [3.63, 3.8) is 0 Å². The molecule has 0 N–H and O–H groups in total. The Morgan fingerprint density at radius 1 is 1.25 bits per heavy atom. The Morgan fingerprint density at radius 2 is 1.83 bits per heavy atom. The molecule has 0 saturated heterocycles. The van der Waals surface area contributed by atoms with Crippen molar-refractivity contribution in [2.45, 2.75) is 37.9 Å². The molecular formula is C13H17F4O5PS. The molecule has 0 saturated carbocycles. The SMILES string of the molecule is CCP(=O)(COS(=O)(=O)c1c(F)cccc1C(F)(F)F)OC(C)C. The first-order chi connectivity index (χ1) is 10.8. The number of alkyl halides is 3. The highest BCUT2D eigenvalue weighted by atomic mass is 32.2. The van der Waals surface area contributed by atoms with Gasteiger partial charge in [0.25, 0.3) is 0 Å². The quantitative estimate of drug-likeness (QED) is 0.395. The minimum absolute atomic E-state index is 0.0932. The summed E-state index contributed by atoms with van der Waals surface area (Å²) in [5.74, 6) is -1.61. The van der Waals surface area contributed by atoms with E-state index in [-0.39, 0.29) is 6.16 Å². The Morgan fingerprint density at radius 3 is 2.29 bits per heavy atom. The van der Waals surface area contributed by atoms with Crippen molar-refractivity contribution < 1.29 is 39.3 Å². The van der Waals surface area contributed by atoms with Gasteiger partial charge in [0.2, 0.25) is 7.37 Å². The smallest absolute Gasteiger partial charge is 0.324 e. The summed E-state index contributed by atoms with van der Waals surface area (Å²) in [5.41, 5.74) is -1.70.